The third-order valence-electron chi connectivity index (χ3n) is 3.78. The van der Waals surface area contributed by atoms with Crippen molar-refractivity contribution < 1.29 is 4.79 Å². The Morgan fingerprint density at radius 2 is 1.53 bits per heavy atom. The highest BCUT2D eigenvalue weighted by atomic mass is 32.2. The topological polar surface area (TPSA) is 20.3 Å². The van der Waals surface area contributed by atoms with Crippen molar-refractivity contribution in [1.82, 2.24) is 4.31 Å². The molecule has 1 amide bonds. The minimum Gasteiger partial charge on any atom is -0.286 e. The number of hydrogen-bond acceptors (Lipinski definition) is 2. The van der Waals surface area contributed by atoms with Crippen molar-refractivity contribution in [2.45, 2.75) is 84.0 Å². The number of unbranched alkanes of at least 4 members (excludes halogenated alkanes) is 9. The fraction of sp³-hybridized carbons (Fsp3) is 0.938. The van der Waals surface area contributed by atoms with Gasteiger partial charge in [-0.05, 0) is 24.8 Å². The lowest BCUT2D eigenvalue weighted by Gasteiger charge is -2.13. The molecule has 0 aliphatic carbocycles. The summed E-state index contributed by atoms with van der Waals surface area (Å²) in [6.07, 6.45) is 15.7. The summed E-state index contributed by atoms with van der Waals surface area (Å²) in [5, 5.41) is 0. The van der Waals surface area contributed by atoms with Crippen LogP contribution in [0, 0.1) is 0 Å². The van der Waals surface area contributed by atoms with Gasteiger partial charge in [-0.25, -0.2) is 0 Å². The number of nitrogens with zero attached hydrogens (tertiary/aromatic N) is 1. The second-order valence-corrected chi connectivity index (χ2v) is 6.72. The maximum Gasteiger partial charge on any atom is 0.232 e. The first kappa shape index (κ1) is 16.9. The van der Waals surface area contributed by atoms with Crippen LogP contribution in [-0.4, -0.2) is 22.5 Å². The zero-order chi connectivity index (χ0) is 13.8. The highest BCUT2D eigenvalue weighted by Gasteiger charge is 2.19. The number of carbonyl (C=O) groups is 1. The summed E-state index contributed by atoms with van der Waals surface area (Å²) in [5.41, 5.74) is 0. The molecule has 0 unspecified atom stereocenters. The van der Waals surface area contributed by atoms with Gasteiger partial charge in [0, 0.05) is 18.7 Å². The minimum absolute atomic E-state index is 0.345. The third kappa shape index (κ3) is 8.56. The Labute approximate surface area is 123 Å². The van der Waals surface area contributed by atoms with E-state index in [1.807, 2.05) is 4.31 Å². The Kier molecular flexibility index (Phi) is 10.3. The summed E-state index contributed by atoms with van der Waals surface area (Å²) in [6, 6.07) is 0. The van der Waals surface area contributed by atoms with Gasteiger partial charge < -0.3 is 0 Å². The van der Waals surface area contributed by atoms with Gasteiger partial charge in [0.05, 0.1) is 0 Å². The molecule has 0 bridgehead atoms. The first-order valence-corrected chi connectivity index (χ1v) is 9.22. The van der Waals surface area contributed by atoms with Gasteiger partial charge in [0.15, 0.2) is 0 Å². The standard InChI is InChI=1S/C16H31NOS/c1-2-3-4-5-6-7-8-9-10-11-15-19-17-14-12-13-16(17)18/h2-15H2,1H3. The van der Waals surface area contributed by atoms with E-state index in [9.17, 15) is 4.79 Å². The van der Waals surface area contributed by atoms with Crippen LogP contribution in [0.3, 0.4) is 0 Å². The summed E-state index contributed by atoms with van der Waals surface area (Å²) in [7, 11) is 0. The SMILES string of the molecule is CCCCCCCCCCCCSN1CCCC1=O. The molecule has 1 rings (SSSR count). The summed E-state index contributed by atoms with van der Waals surface area (Å²) in [4.78, 5) is 11.4. The van der Waals surface area contributed by atoms with Crippen LogP contribution < -0.4 is 0 Å². The molecule has 112 valence electrons. The zero-order valence-corrected chi connectivity index (χ0v) is 13.5. The van der Waals surface area contributed by atoms with E-state index < -0.39 is 0 Å². The van der Waals surface area contributed by atoms with Gasteiger partial charge in [-0.15, -0.1) is 0 Å². The minimum atomic E-state index is 0.345. The molecule has 1 fully saturated rings. The van der Waals surface area contributed by atoms with Crippen LogP contribution >= 0.6 is 11.9 Å². The molecule has 0 aromatic carbocycles. The lowest BCUT2D eigenvalue weighted by molar-refractivity contribution is -0.123. The van der Waals surface area contributed by atoms with Crippen LogP contribution in [0.15, 0.2) is 0 Å². The van der Waals surface area contributed by atoms with E-state index in [0.29, 0.717) is 5.91 Å². The van der Waals surface area contributed by atoms with Gasteiger partial charge in [-0.2, -0.15) is 0 Å². The van der Waals surface area contributed by atoms with Crippen LogP contribution in [0.4, 0.5) is 0 Å². The van der Waals surface area contributed by atoms with Gasteiger partial charge in [-0.3, -0.25) is 9.10 Å². The summed E-state index contributed by atoms with van der Waals surface area (Å²) < 4.78 is 1.97. The van der Waals surface area contributed by atoms with Crippen molar-refractivity contribution >= 4 is 17.9 Å². The van der Waals surface area contributed by atoms with Crippen molar-refractivity contribution in [2.75, 3.05) is 12.3 Å². The van der Waals surface area contributed by atoms with Gasteiger partial charge in [0.25, 0.3) is 0 Å². The Hall–Kier alpha value is -0.180. The average Bonchev–Trinajstić information content (AvgIpc) is 2.82. The molecule has 3 heteroatoms. The van der Waals surface area contributed by atoms with Crippen LogP contribution in [-0.2, 0) is 4.79 Å². The zero-order valence-electron chi connectivity index (χ0n) is 12.7. The van der Waals surface area contributed by atoms with E-state index in [-0.39, 0.29) is 0 Å². The van der Waals surface area contributed by atoms with Gasteiger partial charge in [0.2, 0.25) is 5.91 Å². The Morgan fingerprint density at radius 1 is 0.947 bits per heavy atom. The fourth-order valence-corrected chi connectivity index (χ4v) is 3.57. The van der Waals surface area contributed by atoms with Crippen molar-refractivity contribution in [1.29, 1.82) is 0 Å². The molecular formula is C16H31NOS. The molecular weight excluding hydrogens is 254 g/mol. The largest absolute Gasteiger partial charge is 0.286 e. The lowest BCUT2D eigenvalue weighted by atomic mass is 10.1. The summed E-state index contributed by atoms with van der Waals surface area (Å²) >= 11 is 1.75. The molecule has 0 saturated carbocycles. The molecule has 0 radical (unpaired) electrons. The Morgan fingerprint density at radius 3 is 2.05 bits per heavy atom. The molecule has 1 aliphatic rings. The molecule has 0 aromatic heterocycles. The second kappa shape index (κ2) is 11.6. The normalized spacial score (nSPS) is 15.4. The third-order valence-corrected chi connectivity index (χ3v) is 4.94. The van der Waals surface area contributed by atoms with Crippen molar-refractivity contribution in [2.24, 2.45) is 0 Å². The summed E-state index contributed by atoms with van der Waals surface area (Å²) in [5.74, 6) is 1.47. The molecule has 1 saturated heterocycles. The van der Waals surface area contributed by atoms with Gasteiger partial charge >= 0.3 is 0 Å². The smallest absolute Gasteiger partial charge is 0.232 e. The molecule has 2 nitrogen and oxygen atoms in total. The molecule has 0 atom stereocenters. The number of amides is 1. The van der Waals surface area contributed by atoms with E-state index >= 15 is 0 Å². The molecule has 0 spiro atoms. The highest BCUT2D eigenvalue weighted by Crippen LogP contribution is 2.21. The Bertz CT molecular complexity index is 233. The lowest BCUT2D eigenvalue weighted by Crippen LogP contribution is -2.16. The van der Waals surface area contributed by atoms with E-state index in [1.165, 1.54) is 64.2 Å². The van der Waals surface area contributed by atoms with Crippen molar-refractivity contribution in [3.8, 4) is 0 Å². The van der Waals surface area contributed by atoms with Gasteiger partial charge in [0.1, 0.15) is 0 Å². The van der Waals surface area contributed by atoms with E-state index in [2.05, 4.69) is 6.92 Å². The molecule has 1 heterocycles. The van der Waals surface area contributed by atoms with Crippen molar-refractivity contribution in [3.05, 3.63) is 0 Å². The van der Waals surface area contributed by atoms with Crippen LogP contribution in [0.1, 0.15) is 84.0 Å². The van der Waals surface area contributed by atoms with Crippen LogP contribution in [0.5, 0.6) is 0 Å². The maximum absolute atomic E-state index is 11.4. The van der Waals surface area contributed by atoms with Crippen LogP contribution in [0.25, 0.3) is 0 Å². The number of rotatable bonds is 12. The monoisotopic (exact) mass is 285 g/mol. The molecule has 1 aliphatic heterocycles. The van der Waals surface area contributed by atoms with Crippen molar-refractivity contribution in [3.63, 3.8) is 0 Å². The number of hydrogen-bond donors (Lipinski definition) is 0. The number of carbonyl (C=O) groups excluding carboxylic acids is 1. The maximum atomic E-state index is 11.4. The van der Waals surface area contributed by atoms with E-state index in [1.54, 1.807) is 11.9 Å². The molecule has 0 aromatic rings. The molecule has 19 heavy (non-hydrogen) atoms. The predicted molar refractivity (Wildman–Crippen MR) is 85.2 cm³/mol. The van der Waals surface area contributed by atoms with E-state index in [4.69, 9.17) is 0 Å². The predicted octanol–water partition coefficient (Wildman–Crippen LogP) is 5.18. The van der Waals surface area contributed by atoms with Gasteiger partial charge in [-0.1, -0.05) is 64.7 Å². The van der Waals surface area contributed by atoms with E-state index in [0.717, 1.165) is 25.1 Å². The fourth-order valence-electron chi connectivity index (χ4n) is 2.52. The highest BCUT2D eigenvalue weighted by molar-refractivity contribution is 7.97. The first-order valence-electron chi connectivity index (χ1n) is 8.28. The second-order valence-electron chi connectivity index (χ2n) is 5.61. The van der Waals surface area contributed by atoms with Crippen LogP contribution in [0.2, 0.25) is 0 Å². The first-order chi connectivity index (χ1) is 9.34. The quantitative estimate of drug-likeness (QED) is 0.364. The molecule has 0 N–H and O–H groups in total. The summed E-state index contributed by atoms with van der Waals surface area (Å²) in [6.45, 7) is 3.25. The average molecular weight is 285 g/mol. The Balaban J connectivity index is 1.75.